The second-order valence-corrected chi connectivity index (χ2v) is 6.18. The summed E-state index contributed by atoms with van der Waals surface area (Å²) in [6, 6.07) is 13.5. The average molecular weight is 338 g/mol. The summed E-state index contributed by atoms with van der Waals surface area (Å²) in [5.41, 5.74) is 1.01. The van der Waals surface area contributed by atoms with Crippen LogP contribution in [0.5, 0.6) is 5.88 Å². The number of hydrogen-bond acceptors (Lipinski definition) is 5. The van der Waals surface area contributed by atoms with E-state index in [9.17, 15) is 4.79 Å². The molecule has 1 fully saturated rings. The van der Waals surface area contributed by atoms with Crippen LogP contribution in [0.4, 0.5) is 5.82 Å². The van der Waals surface area contributed by atoms with E-state index in [2.05, 4.69) is 10.2 Å². The van der Waals surface area contributed by atoms with Crippen molar-refractivity contribution < 1.29 is 9.53 Å². The number of aromatic nitrogens is 2. The van der Waals surface area contributed by atoms with Crippen molar-refractivity contribution in [1.82, 2.24) is 15.1 Å². The number of ether oxygens (including phenoxy) is 1. The number of hydrogen-bond donors (Lipinski definition) is 0. The van der Waals surface area contributed by atoms with Gasteiger partial charge in [-0.3, -0.25) is 4.79 Å². The Balaban J connectivity index is 1.52. The molecule has 6 nitrogen and oxygen atoms in total. The zero-order valence-electron chi connectivity index (χ0n) is 14.5. The van der Waals surface area contributed by atoms with Crippen molar-refractivity contribution in [1.29, 1.82) is 0 Å². The summed E-state index contributed by atoms with van der Waals surface area (Å²) >= 11 is 0. The van der Waals surface area contributed by atoms with Gasteiger partial charge in [-0.05, 0) is 17.7 Å². The van der Waals surface area contributed by atoms with Gasteiger partial charge in [-0.25, -0.2) is 0 Å². The van der Waals surface area contributed by atoms with Crippen LogP contribution in [0.15, 0.2) is 48.5 Å². The zero-order valence-corrected chi connectivity index (χ0v) is 14.5. The van der Waals surface area contributed by atoms with E-state index in [1.807, 2.05) is 67.5 Å². The first-order valence-corrected chi connectivity index (χ1v) is 8.31. The van der Waals surface area contributed by atoms with E-state index in [0.29, 0.717) is 19.0 Å². The summed E-state index contributed by atoms with van der Waals surface area (Å²) in [6.45, 7) is 1.25. The predicted molar refractivity (Wildman–Crippen MR) is 97.4 cm³/mol. The van der Waals surface area contributed by atoms with Gasteiger partial charge < -0.3 is 14.5 Å². The second kappa shape index (κ2) is 7.79. The second-order valence-electron chi connectivity index (χ2n) is 6.18. The minimum Gasteiger partial charge on any atom is -0.471 e. The monoisotopic (exact) mass is 338 g/mol. The standard InChI is InChI=1S/C19H22N4O2/c1-22(2)17-9-10-18(21-20-17)25-16-12-13-23(14-16)19(24)11-8-15-6-4-3-5-7-15/h3-11,16H,12-14H2,1-2H3/b11-8+. The SMILES string of the molecule is CN(C)c1ccc(OC2CCN(C(=O)/C=C/c3ccccc3)C2)nn1. The van der Waals surface area contributed by atoms with Gasteiger partial charge in [0.2, 0.25) is 11.8 Å². The smallest absolute Gasteiger partial charge is 0.246 e. The number of carbonyl (C=O) groups is 1. The van der Waals surface area contributed by atoms with Crippen molar-refractivity contribution >= 4 is 17.8 Å². The van der Waals surface area contributed by atoms with Crippen molar-refractivity contribution in [2.45, 2.75) is 12.5 Å². The first kappa shape index (κ1) is 17.0. The number of benzene rings is 1. The molecule has 0 radical (unpaired) electrons. The Hall–Kier alpha value is -2.89. The molecule has 1 saturated heterocycles. The van der Waals surface area contributed by atoms with Crippen molar-refractivity contribution in [3.8, 4) is 5.88 Å². The fraction of sp³-hybridized carbons (Fsp3) is 0.316. The lowest BCUT2D eigenvalue weighted by Gasteiger charge is -2.15. The quantitative estimate of drug-likeness (QED) is 0.783. The van der Waals surface area contributed by atoms with E-state index in [1.54, 1.807) is 11.0 Å². The number of nitrogens with zero attached hydrogens (tertiary/aromatic N) is 4. The highest BCUT2D eigenvalue weighted by atomic mass is 16.5. The maximum Gasteiger partial charge on any atom is 0.246 e. The van der Waals surface area contributed by atoms with Crippen LogP contribution in [0.3, 0.4) is 0 Å². The molecular weight excluding hydrogens is 316 g/mol. The van der Waals surface area contributed by atoms with Gasteiger partial charge in [0.1, 0.15) is 6.10 Å². The highest BCUT2D eigenvalue weighted by Crippen LogP contribution is 2.18. The van der Waals surface area contributed by atoms with Crippen LogP contribution in [0.25, 0.3) is 6.08 Å². The average Bonchev–Trinajstić information content (AvgIpc) is 3.09. The summed E-state index contributed by atoms with van der Waals surface area (Å²) in [5, 5.41) is 8.17. The minimum absolute atomic E-state index is 0.00370. The van der Waals surface area contributed by atoms with Gasteiger partial charge in [0.05, 0.1) is 6.54 Å². The molecule has 0 aliphatic carbocycles. The van der Waals surface area contributed by atoms with Crippen molar-refractivity contribution in [3.63, 3.8) is 0 Å². The first-order valence-electron chi connectivity index (χ1n) is 8.31. The van der Waals surface area contributed by atoms with E-state index in [4.69, 9.17) is 4.74 Å². The van der Waals surface area contributed by atoms with Gasteiger partial charge in [0, 0.05) is 39.2 Å². The van der Waals surface area contributed by atoms with Gasteiger partial charge in [-0.2, -0.15) is 0 Å². The highest BCUT2D eigenvalue weighted by Gasteiger charge is 2.26. The molecule has 1 aliphatic rings. The number of anilines is 1. The number of carbonyl (C=O) groups excluding carboxylic acids is 1. The Morgan fingerprint density at radius 2 is 2.00 bits per heavy atom. The zero-order chi connectivity index (χ0) is 17.6. The molecular formula is C19H22N4O2. The van der Waals surface area contributed by atoms with Crippen LogP contribution >= 0.6 is 0 Å². The summed E-state index contributed by atoms with van der Waals surface area (Å²) in [5.74, 6) is 1.27. The highest BCUT2D eigenvalue weighted by molar-refractivity contribution is 5.92. The third-order valence-corrected chi connectivity index (χ3v) is 4.05. The Kier molecular flexibility index (Phi) is 5.28. The molecule has 1 aromatic heterocycles. The molecule has 0 spiro atoms. The minimum atomic E-state index is -0.0476. The van der Waals surface area contributed by atoms with Crippen molar-refractivity contribution in [2.24, 2.45) is 0 Å². The van der Waals surface area contributed by atoms with Gasteiger partial charge in [-0.15, -0.1) is 10.2 Å². The largest absolute Gasteiger partial charge is 0.471 e. The molecule has 6 heteroatoms. The Bertz CT molecular complexity index is 729. The molecule has 25 heavy (non-hydrogen) atoms. The van der Waals surface area contributed by atoms with Crippen molar-refractivity contribution in [2.75, 3.05) is 32.1 Å². The lowest BCUT2D eigenvalue weighted by atomic mass is 10.2. The molecule has 1 unspecified atom stereocenters. The van der Waals surface area contributed by atoms with Gasteiger partial charge in [0.25, 0.3) is 0 Å². The van der Waals surface area contributed by atoms with Crippen LogP contribution in [0, 0.1) is 0 Å². The maximum absolute atomic E-state index is 12.3. The van der Waals surface area contributed by atoms with E-state index in [1.165, 1.54) is 0 Å². The molecule has 130 valence electrons. The maximum atomic E-state index is 12.3. The number of rotatable bonds is 5. The summed E-state index contributed by atoms with van der Waals surface area (Å²) in [6.07, 6.45) is 4.20. The Labute approximate surface area is 147 Å². The Morgan fingerprint density at radius 1 is 1.20 bits per heavy atom. The first-order chi connectivity index (χ1) is 12.1. The molecule has 0 saturated carbocycles. The third kappa shape index (κ3) is 4.56. The van der Waals surface area contributed by atoms with Crippen LogP contribution in [-0.4, -0.2) is 54.3 Å². The van der Waals surface area contributed by atoms with Crippen molar-refractivity contribution in [3.05, 3.63) is 54.1 Å². The summed E-state index contributed by atoms with van der Waals surface area (Å²) in [4.78, 5) is 16.0. The summed E-state index contributed by atoms with van der Waals surface area (Å²) < 4.78 is 5.84. The van der Waals surface area contributed by atoms with E-state index < -0.39 is 0 Å². The third-order valence-electron chi connectivity index (χ3n) is 4.05. The number of likely N-dealkylation sites (tertiary alicyclic amines) is 1. The molecule has 2 heterocycles. The van der Waals surface area contributed by atoms with E-state index in [-0.39, 0.29) is 12.0 Å². The lowest BCUT2D eigenvalue weighted by molar-refractivity contribution is -0.125. The molecule has 1 aliphatic heterocycles. The molecule has 1 atom stereocenters. The molecule has 1 aromatic carbocycles. The van der Waals surface area contributed by atoms with Crippen LogP contribution in [0.2, 0.25) is 0 Å². The fourth-order valence-corrected chi connectivity index (χ4v) is 2.65. The fourth-order valence-electron chi connectivity index (χ4n) is 2.65. The van der Waals surface area contributed by atoms with Gasteiger partial charge in [0.15, 0.2) is 5.82 Å². The van der Waals surface area contributed by atoms with Gasteiger partial charge >= 0.3 is 0 Å². The lowest BCUT2D eigenvalue weighted by Crippen LogP contribution is -2.29. The van der Waals surface area contributed by atoms with E-state index in [0.717, 1.165) is 17.8 Å². The Morgan fingerprint density at radius 3 is 2.68 bits per heavy atom. The van der Waals surface area contributed by atoms with Crippen LogP contribution in [0.1, 0.15) is 12.0 Å². The van der Waals surface area contributed by atoms with E-state index >= 15 is 0 Å². The molecule has 2 aromatic rings. The predicted octanol–water partition coefficient (Wildman–Crippen LogP) is 2.24. The molecule has 0 N–H and O–H groups in total. The van der Waals surface area contributed by atoms with Crippen LogP contribution < -0.4 is 9.64 Å². The topological polar surface area (TPSA) is 58.6 Å². The normalized spacial score (nSPS) is 17.0. The van der Waals surface area contributed by atoms with Crippen LogP contribution in [-0.2, 0) is 4.79 Å². The molecule has 3 rings (SSSR count). The molecule has 1 amide bonds. The van der Waals surface area contributed by atoms with Gasteiger partial charge in [-0.1, -0.05) is 30.3 Å². The summed E-state index contributed by atoms with van der Waals surface area (Å²) in [7, 11) is 3.82. The number of amides is 1. The molecule has 0 bridgehead atoms.